The molecular weight excluding hydrogens is 125 g/mol. The third kappa shape index (κ3) is 28.0. The molecule has 0 aromatic carbocycles. The molecule has 0 spiro atoms. The van der Waals surface area contributed by atoms with Crippen molar-refractivity contribution in [3.63, 3.8) is 0 Å². The van der Waals surface area contributed by atoms with Crippen LogP contribution in [0, 0.1) is 22.5 Å². The molecule has 0 saturated heterocycles. The van der Waals surface area contributed by atoms with E-state index in [4.69, 9.17) is 10.5 Å². The van der Waals surface area contributed by atoms with Crippen molar-refractivity contribution in [1.82, 2.24) is 0 Å². The largest absolute Gasteiger partial charge is 0.355 e. The summed E-state index contributed by atoms with van der Waals surface area (Å²) in [6.07, 6.45) is 1.19. The number of quaternary nitrogens is 1. The molecule has 0 radical (unpaired) electrons. The van der Waals surface area contributed by atoms with Crippen LogP contribution in [0.25, 0.3) is 0 Å². The van der Waals surface area contributed by atoms with Crippen LogP contribution in [0.3, 0.4) is 0 Å². The number of hydrogen-bond donors (Lipinski definition) is 1. The fourth-order valence-electron chi connectivity index (χ4n) is 0.0500. The van der Waals surface area contributed by atoms with E-state index in [1.54, 1.807) is 11.9 Å². The smallest absolute Gasteiger partial charge is 0.179 e. The molecule has 0 bridgehead atoms. The lowest BCUT2D eigenvalue weighted by molar-refractivity contribution is -0.414. The van der Waals surface area contributed by atoms with E-state index >= 15 is 0 Å². The van der Waals surface area contributed by atoms with Gasteiger partial charge in [0.15, 0.2) is 7.28 Å². The lowest BCUT2D eigenvalue weighted by Gasteiger charge is -1.87. The van der Waals surface area contributed by atoms with E-state index in [2.05, 4.69) is 19.6 Å². The van der Waals surface area contributed by atoms with Crippen molar-refractivity contribution in [1.29, 1.82) is 10.5 Å². The summed E-state index contributed by atoms with van der Waals surface area (Å²) in [5, 5.41) is 15.3. The van der Waals surface area contributed by atoms with Crippen LogP contribution in [0.4, 0.5) is 0 Å². The molecule has 0 aromatic heterocycles. The molecule has 0 aliphatic rings. The van der Waals surface area contributed by atoms with Crippen LogP contribution in [0.15, 0.2) is 0 Å². The van der Waals surface area contributed by atoms with Gasteiger partial charge in [0, 0.05) is 0 Å². The molecule has 3 nitrogen and oxygen atoms in total. The zero-order valence-electron chi connectivity index (χ0n) is 6.89. The van der Waals surface area contributed by atoms with Gasteiger partial charge >= 0.3 is 0 Å². The van der Waals surface area contributed by atoms with Gasteiger partial charge in [0.25, 0.3) is 0 Å². The van der Waals surface area contributed by atoms with Crippen molar-refractivity contribution < 1.29 is 5.73 Å². The zero-order chi connectivity index (χ0) is 8.41. The van der Waals surface area contributed by atoms with Crippen molar-refractivity contribution in [3.05, 3.63) is 0 Å². The van der Waals surface area contributed by atoms with Gasteiger partial charge in [-0.2, -0.15) is 0 Å². The first kappa shape index (κ1) is 11.8. The van der Waals surface area contributed by atoms with Gasteiger partial charge in [-0.1, -0.05) is 6.92 Å². The molecule has 0 aliphatic heterocycles. The van der Waals surface area contributed by atoms with Gasteiger partial charge in [0.1, 0.15) is 0 Å². The molecule has 0 fully saturated rings. The van der Waals surface area contributed by atoms with Crippen LogP contribution in [-0.4, -0.2) is 13.3 Å². The Balaban J connectivity index is 0. The van der Waals surface area contributed by atoms with E-state index in [-0.39, 0.29) is 0 Å². The van der Waals surface area contributed by atoms with Crippen LogP contribution in [0.2, 0.25) is 0 Å². The third-order valence-corrected chi connectivity index (χ3v) is 0.921. The molecule has 0 saturated carbocycles. The summed E-state index contributed by atoms with van der Waals surface area (Å²) in [7, 11) is -0.861. The summed E-state index contributed by atoms with van der Waals surface area (Å²) >= 11 is 0. The molecule has 0 amide bonds. The van der Waals surface area contributed by atoms with Crippen LogP contribution in [0.1, 0.15) is 20.3 Å². The van der Waals surface area contributed by atoms with Crippen LogP contribution in [-0.2, 0) is 0 Å². The maximum Gasteiger partial charge on any atom is 0.179 e. The first-order valence-corrected chi connectivity index (χ1v) is 3.55. The van der Waals surface area contributed by atoms with Gasteiger partial charge in [0.2, 0.25) is 0 Å². The van der Waals surface area contributed by atoms with E-state index in [1.807, 2.05) is 0 Å². The topological polar surface area (TPSA) is 75.2 Å². The summed E-state index contributed by atoms with van der Waals surface area (Å²) in [6, 6.07) is 0.634. The van der Waals surface area contributed by atoms with E-state index in [9.17, 15) is 0 Å². The average Bonchev–Trinajstić information content (AvgIpc) is 1.91. The fraction of sp³-hybridized carbons (Fsp3) is 0.667. The minimum absolute atomic E-state index is 0.634. The third-order valence-electron chi connectivity index (χ3n) is 0.921. The predicted octanol–water partition coefficient (Wildman–Crippen LogP) is -0.856. The van der Waals surface area contributed by atoms with Gasteiger partial charge < -0.3 is 5.73 Å². The van der Waals surface area contributed by atoms with Gasteiger partial charge in [-0.05, 0) is 13.3 Å². The summed E-state index contributed by atoms with van der Waals surface area (Å²) in [5.41, 5.74) is 3.76. The molecule has 0 aliphatic carbocycles. The minimum atomic E-state index is -0.861. The zero-order valence-corrected chi connectivity index (χ0v) is 6.89. The fourth-order valence-corrected chi connectivity index (χ4v) is 0.0500. The molecule has 3 N–H and O–H groups in total. The second-order valence-corrected chi connectivity index (χ2v) is 2.21. The molecule has 56 valence electrons. The highest BCUT2D eigenvalue weighted by Gasteiger charge is 1.84. The quantitative estimate of drug-likeness (QED) is 0.480. The van der Waals surface area contributed by atoms with Crippen molar-refractivity contribution in [3.8, 4) is 11.9 Å². The second kappa shape index (κ2) is 10.9. The van der Waals surface area contributed by atoms with E-state index in [0.717, 1.165) is 0 Å². The highest BCUT2D eigenvalue weighted by molar-refractivity contribution is 6.53. The molecule has 0 heterocycles. The van der Waals surface area contributed by atoms with Gasteiger partial charge in [-0.3, -0.25) is 0 Å². The highest BCUT2D eigenvalue weighted by atomic mass is 14.6. The number of nitrogens with zero attached hydrogens (tertiary/aromatic N) is 2. The Hall–Kier alpha value is -0.995. The summed E-state index contributed by atoms with van der Waals surface area (Å²) < 4.78 is 0. The predicted molar refractivity (Wildman–Crippen MR) is 42.4 cm³/mol. The second-order valence-electron chi connectivity index (χ2n) is 2.21. The molecule has 1 atom stereocenters. The Bertz CT molecular complexity index is 119. The molecule has 10 heavy (non-hydrogen) atoms. The number of nitriles is 2. The first-order valence-electron chi connectivity index (χ1n) is 3.55. The van der Waals surface area contributed by atoms with E-state index in [1.165, 1.54) is 6.42 Å². The summed E-state index contributed by atoms with van der Waals surface area (Å²) in [5.74, 6) is 3.56. The Morgan fingerprint density at radius 2 is 1.80 bits per heavy atom. The minimum Gasteiger partial charge on any atom is -0.355 e. The Labute approximate surface area is 62.7 Å². The first-order chi connectivity index (χ1) is 4.68. The Kier molecular flexibility index (Phi) is 12.8. The van der Waals surface area contributed by atoms with Crippen LogP contribution >= 0.6 is 0 Å². The van der Waals surface area contributed by atoms with Crippen molar-refractivity contribution in [2.45, 2.75) is 26.3 Å². The maximum atomic E-state index is 7.65. The monoisotopic (exact) mass is 139 g/mol. The van der Waals surface area contributed by atoms with Crippen molar-refractivity contribution >= 4 is 7.28 Å². The number of hydrogen-bond acceptors (Lipinski definition) is 2. The highest BCUT2D eigenvalue weighted by Crippen LogP contribution is 1.74. The lowest BCUT2D eigenvalue weighted by atomic mass is 9.85. The van der Waals surface area contributed by atoms with Crippen LogP contribution in [0.5, 0.6) is 0 Å². The molecule has 0 aromatic rings. The molecule has 4 heteroatoms. The standard InChI is InChI=1S/C4H11N.C2H2BN2/c1-3-4(2)5;4-1-3-2-5/h4H,3,5H2,1-2H3;3H2/q;-1/p+1. The number of rotatable bonds is 1. The van der Waals surface area contributed by atoms with Crippen LogP contribution < -0.4 is 5.73 Å². The van der Waals surface area contributed by atoms with Crippen molar-refractivity contribution in [2.24, 2.45) is 0 Å². The normalized spacial score (nSPS) is 9.70. The Morgan fingerprint density at radius 3 is 1.80 bits per heavy atom. The van der Waals surface area contributed by atoms with E-state index < -0.39 is 7.28 Å². The van der Waals surface area contributed by atoms with Gasteiger partial charge in [-0.25, -0.2) is 10.5 Å². The van der Waals surface area contributed by atoms with E-state index in [0.29, 0.717) is 6.04 Å². The molecule has 0 rings (SSSR count). The summed E-state index contributed by atoms with van der Waals surface area (Å²) in [4.78, 5) is 0. The van der Waals surface area contributed by atoms with Crippen molar-refractivity contribution in [2.75, 3.05) is 0 Å². The molecule has 1 unspecified atom stereocenters. The maximum absolute atomic E-state index is 7.65. The average molecular weight is 139 g/mol. The summed E-state index contributed by atoms with van der Waals surface area (Å²) in [6.45, 7) is 4.25. The van der Waals surface area contributed by atoms with Gasteiger partial charge in [-0.15, -0.1) is 11.9 Å². The SMILES string of the molecule is CCC(C)[NH3+].N#C[BH2-]C#N. The molecular formula is C6H14BN3. The lowest BCUT2D eigenvalue weighted by Crippen LogP contribution is -2.58. The Morgan fingerprint density at radius 1 is 1.50 bits per heavy atom. The van der Waals surface area contributed by atoms with Gasteiger partial charge in [0.05, 0.1) is 6.04 Å².